The Morgan fingerprint density at radius 2 is 1.88 bits per heavy atom. The number of benzene rings is 1. The van der Waals surface area contributed by atoms with Crippen molar-refractivity contribution < 1.29 is 4.74 Å². The summed E-state index contributed by atoms with van der Waals surface area (Å²) < 4.78 is 5.68. The van der Waals surface area contributed by atoms with E-state index in [1.807, 2.05) is 12.1 Å². The van der Waals surface area contributed by atoms with Gasteiger partial charge in [-0.1, -0.05) is 42.1 Å². The zero-order chi connectivity index (χ0) is 12.5. The van der Waals surface area contributed by atoms with Crippen molar-refractivity contribution >= 4 is 23.2 Å². The number of hydrogen-bond acceptors (Lipinski definition) is 2. The summed E-state index contributed by atoms with van der Waals surface area (Å²) in [7, 11) is 1.74. The first-order valence-corrected chi connectivity index (χ1v) is 6.60. The van der Waals surface area contributed by atoms with Gasteiger partial charge in [0.25, 0.3) is 0 Å². The van der Waals surface area contributed by atoms with Gasteiger partial charge in [-0.3, -0.25) is 0 Å². The summed E-state index contributed by atoms with van der Waals surface area (Å²) in [6.45, 7) is 0. The topological polar surface area (TPSA) is 35.2 Å². The molecule has 17 heavy (non-hydrogen) atoms. The molecule has 1 aliphatic carbocycles. The molecular weight excluding hydrogens is 257 g/mol. The molecule has 0 radical (unpaired) electrons. The standard InChI is InChI=1S/C13H17Cl2NO/c1-17-13(6-2-3-7-13)12(16)9-4-5-10(14)11(15)8-9/h4-5,8,12H,2-3,6-7,16H2,1H3. The molecule has 2 rings (SSSR count). The average molecular weight is 274 g/mol. The Morgan fingerprint density at radius 3 is 2.41 bits per heavy atom. The molecule has 0 saturated heterocycles. The maximum Gasteiger partial charge on any atom is 0.0870 e. The van der Waals surface area contributed by atoms with Crippen LogP contribution in [0.5, 0.6) is 0 Å². The molecular formula is C13H17Cl2NO. The lowest BCUT2D eigenvalue weighted by atomic mass is 9.87. The second-order valence-electron chi connectivity index (χ2n) is 4.63. The largest absolute Gasteiger partial charge is 0.376 e. The lowest BCUT2D eigenvalue weighted by molar-refractivity contribution is -0.0264. The van der Waals surface area contributed by atoms with Crippen LogP contribution in [0.3, 0.4) is 0 Å². The second kappa shape index (κ2) is 5.15. The Kier molecular flexibility index (Phi) is 3.99. The van der Waals surface area contributed by atoms with Gasteiger partial charge >= 0.3 is 0 Å². The highest BCUT2D eigenvalue weighted by molar-refractivity contribution is 6.42. The van der Waals surface area contributed by atoms with Crippen LogP contribution in [0.2, 0.25) is 10.0 Å². The fraction of sp³-hybridized carbons (Fsp3) is 0.538. The molecule has 1 aliphatic rings. The number of ether oxygens (including phenoxy) is 1. The smallest absolute Gasteiger partial charge is 0.0870 e. The molecule has 0 aliphatic heterocycles. The van der Waals surface area contributed by atoms with Crippen molar-refractivity contribution in [2.75, 3.05) is 7.11 Å². The highest BCUT2D eigenvalue weighted by atomic mass is 35.5. The van der Waals surface area contributed by atoms with Crippen molar-refractivity contribution in [1.82, 2.24) is 0 Å². The summed E-state index contributed by atoms with van der Waals surface area (Å²) in [5, 5.41) is 1.10. The van der Waals surface area contributed by atoms with E-state index in [0.29, 0.717) is 10.0 Å². The van der Waals surface area contributed by atoms with Crippen LogP contribution in [0.15, 0.2) is 18.2 Å². The van der Waals surface area contributed by atoms with Crippen molar-refractivity contribution in [3.05, 3.63) is 33.8 Å². The monoisotopic (exact) mass is 273 g/mol. The van der Waals surface area contributed by atoms with E-state index in [1.54, 1.807) is 13.2 Å². The fourth-order valence-corrected chi connectivity index (χ4v) is 2.93. The molecule has 1 unspecified atom stereocenters. The maximum atomic E-state index is 6.34. The van der Waals surface area contributed by atoms with Gasteiger partial charge in [-0.15, -0.1) is 0 Å². The summed E-state index contributed by atoms with van der Waals surface area (Å²) in [5.74, 6) is 0. The predicted molar refractivity (Wildman–Crippen MR) is 71.6 cm³/mol. The average Bonchev–Trinajstić information content (AvgIpc) is 2.81. The van der Waals surface area contributed by atoms with E-state index in [4.69, 9.17) is 33.7 Å². The first-order valence-electron chi connectivity index (χ1n) is 5.85. The van der Waals surface area contributed by atoms with Crippen LogP contribution >= 0.6 is 23.2 Å². The van der Waals surface area contributed by atoms with E-state index < -0.39 is 0 Å². The molecule has 1 aromatic carbocycles. The molecule has 0 spiro atoms. The van der Waals surface area contributed by atoms with E-state index in [2.05, 4.69) is 0 Å². The zero-order valence-corrected chi connectivity index (χ0v) is 11.4. The van der Waals surface area contributed by atoms with Crippen LogP contribution in [-0.4, -0.2) is 12.7 Å². The highest BCUT2D eigenvalue weighted by Crippen LogP contribution is 2.42. The molecule has 0 aromatic heterocycles. The number of rotatable bonds is 3. The minimum absolute atomic E-state index is 0.148. The normalized spacial score (nSPS) is 20.5. The SMILES string of the molecule is COC1(C(N)c2ccc(Cl)c(Cl)c2)CCCC1. The van der Waals surface area contributed by atoms with Crippen molar-refractivity contribution in [1.29, 1.82) is 0 Å². The summed E-state index contributed by atoms with van der Waals surface area (Å²) in [6.07, 6.45) is 4.35. The lowest BCUT2D eigenvalue weighted by Crippen LogP contribution is -2.40. The molecule has 0 heterocycles. The van der Waals surface area contributed by atoms with Gasteiger partial charge in [0.15, 0.2) is 0 Å². The third-order valence-corrected chi connectivity index (χ3v) is 4.47. The van der Waals surface area contributed by atoms with E-state index in [9.17, 15) is 0 Å². The molecule has 2 nitrogen and oxygen atoms in total. The Labute approximate surface area is 112 Å². The van der Waals surface area contributed by atoms with Crippen LogP contribution in [0.4, 0.5) is 0 Å². The molecule has 0 amide bonds. The maximum absolute atomic E-state index is 6.34. The van der Waals surface area contributed by atoms with Crippen LogP contribution in [0.1, 0.15) is 37.3 Å². The van der Waals surface area contributed by atoms with E-state index in [-0.39, 0.29) is 11.6 Å². The Morgan fingerprint density at radius 1 is 1.24 bits per heavy atom. The Hall–Kier alpha value is -0.280. The third kappa shape index (κ3) is 2.45. The van der Waals surface area contributed by atoms with Crippen molar-refractivity contribution in [3.63, 3.8) is 0 Å². The molecule has 1 aromatic rings. The van der Waals surface area contributed by atoms with Gasteiger partial charge < -0.3 is 10.5 Å². The van der Waals surface area contributed by atoms with E-state index >= 15 is 0 Å². The second-order valence-corrected chi connectivity index (χ2v) is 5.44. The minimum Gasteiger partial charge on any atom is -0.376 e. The Bertz CT molecular complexity index is 402. The molecule has 1 fully saturated rings. The Balaban J connectivity index is 2.29. The number of nitrogens with two attached hydrogens (primary N) is 1. The summed E-state index contributed by atoms with van der Waals surface area (Å²) in [5.41, 5.74) is 7.09. The zero-order valence-electron chi connectivity index (χ0n) is 9.88. The van der Waals surface area contributed by atoms with Crippen molar-refractivity contribution in [2.24, 2.45) is 5.73 Å². The number of hydrogen-bond donors (Lipinski definition) is 1. The quantitative estimate of drug-likeness (QED) is 0.905. The first kappa shape index (κ1) is 13.2. The van der Waals surface area contributed by atoms with Crippen LogP contribution in [-0.2, 0) is 4.74 Å². The summed E-state index contributed by atoms with van der Waals surface area (Å²) in [6, 6.07) is 5.41. The van der Waals surface area contributed by atoms with Crippen LogP contribution in [0, 0.1) is 0 Å². The minimum atomic E-state index is -0.239. The fourth-order valence-electron chi connectivity index (χ4n) is 2.63. The van der Waals surface area contributed by atoms with Gasteiger partial charge in [0.1, 0.15) is 0 Å². The van der Waals surface area contributed by atoms with Gasteiger partial charge in [-0.2, -0.15) is 0 Å². The third-order valence-electron chi connectivity index (χ3n) is 3.73. The van der Waals surface area contributed by atoms with Crippen LogP contribution < -0.4 is 5.73 Å². The van der Waals surface area contributed by atoms with Gasteiger partial charge in [0.2, 0.25) is 0 Å². The van der Waals surface area contributed by atoms with Crippen LogP contribution in [0.25, 0.3) is 0 Å². The van der Waals surface area contributed by atoms with Crippen molar-refractivity contribution in [2.45, 2.75) is 37.3 Å². The predicted octanol–water partition coefficient (Wildman–Crippen LogP) is 3.95. The first-order chi connectivity index (χ1) is 8.09. The molecule has 1 saturated carbocycles. The lowest BCUT2D eigenvalue weighted by Gasteiger charge is -2.34. The molecule has 2 N–H and O–H groups in total. The van der Waals surface area contributed by atoms with E-state index in [1.165, 1.54) is 12.8 Å². The number of methoxy groups -OCH3 is 1. The molecule has 94 valence electrons. The summed E-state index contributed by atoms with van der Waals surface area (Å²) >= 11 is 11.9. The highest BCUT2D eigenvalue weighted by Gasteiger charge is 2.40. The summed E-state index contributed by atoms with van der Waals surface area (Å²) in [4.78, 5) is 0. The van der Waals surface area contributed by atoms with Gasteiger partial charge in [0.05, 0.1) is 21.7 Å². The van der Waals surface area contributed by atoms with Gasteiger partial charge in [-0.25, -0.2) is 0 Å². The molecule has 0 bridgehead atoms. The number of halogens is 2. The van der Waals surface area contributed by atoms with Gasteiger partial charge in [0, 0.05) is 7.11 Å². The van der Waals surface area contributed by atoms with Crippen molar-refractivity contribution in [3.8, 4) is 0 Å². The molecule has 4 heteroatoms. The molecule has 1 atom stereocenters. The van der Waals surface area contributed by atoms with E-state index in [0.717, 1.165) is 18.4 Å². The van der Waals surface area contributed by atoms with Gasteiger partial charge in [-0.05, 0) is 30.5 Å².